The number of ether oxygens (including phenoxy) is 1. The molecule has 0 saturated carbocycles. The lowest BCUT2D eigenvalue weighted by Crippen LogP contribution is -1.99. The minimum Gasteiger partial charge on any atom is -0.494 e. The molecule has 0 spiro atoms. The molecule has 0 saturated heterocycles. The molecule has 0 aliphatic rings. The van der Waals surface area contributed by atoms with E-state index in [0.717, 1.165) is 31.5 Å². The van der Waals surface area contributed by atoms with Crippen molar-refractivity contribution >= 4 is 18.3 Å². The zero-order valence-electron chi connectivity index (χ0n) is 9.35. The molecular weight excluding hydrogens is 224 g/mol. The molecule has 3 nitrogen and oxygen atoms in total. The Morgan fingerprint density at radius 3 is 2.50 bits per heavy atom. The van der Waals surface area contributed by atoms with E-state index in [1.54, 1.807) is 12.1 Å². The van der Waals surface area contributed by atoms with Gasteiger partial charge < -0.3 is 8.92 Å². The minimum absolute atomic E-state index is 0.667. The van der Waals surface area contributed by atoms with Crippen LogP contribution < -0.4 is 4.74 Å². The average Bonchev–Trinajstić information content (AvgIpc) is 2.34. The van der Waals surface area contributed by atoms with Gasteiger partial charge in [-0.15, -0.1) is 0 Å². The maximum Gasteiger partial charge on any atom is 0.150 e. The number of unbranched alkanes of at least 4 members (excludes halogenated alkanes) is 1. The molecule has 0 aliphatic heterocycles. The van der Waals surface area contributed by atoms with Crippen molar-refractivity contribution in [1.29, 1.82) is 0 Å². The predicted molar refractivity (Wildman–Crippen MR) is 66.0 cm³/mol. The fraction of sp³-hybridized carbons (Fsp3) is 0.417. The van der Waals surface area contributed by atoms with Crippen molar-refractivity contribution in [2.75, 3.05) is 19.5 Å². The van der Waals surface area contributed by atoms with Gasteiger partial charge in [0.05, 0.1) is 13.2 Å². The first-order valence-electron chi connectivity index (χ1n) is 5.20. The van der Waals surface area contributed by atoms with Crippen LogP contribution in [0.3, 0.4) is 0 Å². The van der Waals surface area contributed by atoms with Gasteiger partial charge in [0.25, 0.3) is 0 Å². The van der Waals surface area contributed by atoms with Crippen LogP contribution in [-0.4, -0.2) is 25.8 Å². The van der Waals surface area contributed by atoms with Crippen LogP contribution in [0.25, 0.3) is 0 Å². The number of hydrogen-bond donors (Lipinski definition) is 0. The standard InChI is InChI=1S/C12H16O3S/c1-16-15-9-3-2-8-14-12-6-4-11(10-13)5-7-12/h4-7,10H,2-3,8-9H2,1H3. The highest BCUT2D eigenvalue weighted by Crippen LogP contribution is 2.11. The molecule has 88 valence electrons. The number of rotatable bonds is 8. The summed E-state index contributed by atoms with van der Waals surface area (Å²) < 4.78 is 10.6. The zero-order valence-corrected chi connectivity index (χ0v) is 10.2. The van der Waals surface area contributed by atoms with Crippen molar-refractivity contribution in [2.45, 2.75) is 12.8 Å². The predicted octanol–water partition coefficient (Wildman–Crippen LogP) is 2.95. The summed E-state index contributed by atoms with van der Waals surface area (Å²) in [5.41, 5.74) is 0.667. The highest BCUT2D eigenvalue weighted by molar-refractivity contribution is 7.93. The Balaban J connectivity index is 2.14. The van der Waals surface area contributed by atoms with E-state index in [9.17, 15) is 4.79 Å². The van der Waals surface area contributed by atoms with Gasteiger partial charge in [-0.25, -0.2) is 0 Å². The number of carbonyl (C=O) groups excluding carboxylic acids is 1. The second-order valence-corrected chi connectivity index (χ2v) is 3.80. The fourth-order valence-electron chi connectivity index (χ4n) is 1.18. The zero-order chi connectivity index (χ0) is 11.6. The molecule has 4 heteroatoms. The van der Waals surface area contributed by atoms with Crippen molar-refractivity contribution in [3.05, 3.63) is 29.8 Å². The SMILES string of the molecule is CSOCCCCOc1ccc(C=O)cc1. The van der Waals surface area contributed by atoms with Crippen LogP contribution in [0.5, 0.6) is 5.75 Å². The third-order valence-corrected chi connectivity index (χ3v) is 2.43. The molecule has 0 radical (unpaired) electrons. The molecule has 0 N–H and O–H groups in total. The van der Waals surface area contributed by atoms with Gasteiger partial charge in [-0.2, -0.15) is 0 Å². The van der Waals surface area contributed by atoms with Gasteiger partial charge in [0.1, 0.15) is 12.0 Å². The molecule has 0 aliphatic carbocycles. The van der Waals surface area contributed by atoms with Crippen LogP contribution in [0.4, 0.5) is 0 Å². The van der Waals surface area contributed by atoms with E-state index in [1.807, 2.05) is 18.4 Å². The summed E-state index contributed by atoms with van der Waals surface area (Å²) in [6.45, 7) is 1.44. The molecule has 0 unspecified atom stereocenters. The molecule has 0 heterocycles. The van der Waals surface area contributed by atoms with Gasteiger partial charge in [0.2, 0.25) is 0 Å². The Morgan fingerprint density at radius 2 is 1.88 bits per heavy atom. The highest BCUT2D eigenvalue weighted by Gasteiger charge is 1.95. The Kier molecular flexibility index (Phi) is 6.69. The smallest absolute Gasteiger partial charge is 0.150 e. The van der Waals surface area contributed by atoms with Gasteiger partial charge >= 0.3 is 0 Å². The summed E-state index contributed by atoms with van der Waals surface area (Å²) in [6, 6.07) is 7.11. The molecule has 1 aromatic carbocycles. The Morgan fingerprint density at radius 1 is 1.19 bits per heavy atom. The normalized spacial score (nSPS) is 10.1. The van der Waals surface area contributed by atoms with Crippen molar-refractivity contribution in [3.8, 4) is 5.75 Å². The first-order valence-corrected chi connectivity index (χ1v) is 6.35. The van der Waals surface area contributed by atoms with E-state index in [4.69, 9.17) is 8.92 Å². The minimum atomic E-state index is 0.667. The molecule has 0 bridgehead atoms. The lowest BCUT2D eigenvalue weighted by Gasteiger charge is -2.05. The van der Waals surface area contributed by atoms with Gasteiger partial charge in [-0.05, 0) is 49.1 Å². The molecule has 1 aromatic rings. The Labute approximate surface area is 100 Å². The van der Waals surface area contributed by atoms with Gasteiger partial charge in [-0.1, -0.05) is 0 Å². The highest BCUT2D eigenvalue weighted by atomic mass is 32.2. The quantitative estimate of drug-likeness (QED) is 0.397. The van der Waals surface area contributed by atoms with Crippen molar-refractivity contribution in [1.82, 2.24) is 0 Å². The molecule has 0 atom stereocenters. The van der Waals surface area contributed by atoms with Crippen molar-refractivity contribution in [2.24, 2.45) is 0 Å². The Hall–Kier alpha value is -1.00. The second kappa shape index (κ2) is 8.19. The monoisotopic (exact) mass is 240 g/mol. The summed E-state index contributed by atoms with van der Waals surface area (Å²) in [5.74, 6) is 0.802. The lowest BCUT2D eigenvalue weighted by molar-refractivity contribution is 0.112. The van der Waals surface area contributed by atoms with E-state index < -0.39 is 0 Å². The summed E-state index contributed by atoms with van der Waals surface area (Å²) in [7, 11) is 0. The van der Waals surface area contributed by atoms with E-state index in [-0.39, 0.29) is 0 Å². The van der Waals surface area contributed by atoms with Crippen LogP contribution in [-0.2, 0) is 4.18 Å². The van der Waals surface area contributed by atoms with Crippen LogP contribution in [0.15, 0.2) is 24.3 Å². The van der Waals surface area contributed by atoms with Crippen LogP contribution in [0.2, 0.25) is 0 Å². The number of hydrogen-bond acceptors (Lipinski definition) is 4. The number of benzene rings is 1. The lowest BCUT2D eigenvalue weighted by atomic mass is 10.2. The first-order chi connectivity index (χ1) is 7.86. The van der Waals surface area contributed by atoms with E-state index >= 15 is 0 Å². The largest absolute Gasteiger partial charge is 0.494 e. The average molecular weight is 240 g/mol. The van der Waals surface area contributed by atoms with Crippen molar-refractivity contribution in [3.63, 3.8) is 0 Å². The van der Waals surface area contributed by atoms with Crippen LogP contribution in [0, 0.1) is 0 Å². The van der Waals surface area contributed by atoms with Gasteiger partial charge in [-0.3, -0.25) is 4.79 Å². The summed E-state index contributed by atoms with van der Waals surface area (Å²) in [6.07, 6.45) is 4.69. The van der Waals surface area contributed by atoms with E-state index in [0.29, 0.717) is 12.2 Å². The third kappa shape index (κ3) is 5.19. The topological polar surface area (TPSA) is 35.5 Å². The van der Waals surface area contributed by atoms with E-state index in [1.165, 1.54) is 12.0 Å². The van der Waals surface area contributed by atoms with Gasteiger partial charge in [0.15, 0.2) is 0 Å². The maximum atomic E-state index is 10.4. The molecule has 16 heavy (non-hydrogen) atoms. The molecule has 0 amide bonds. The second-order valence-electron chi connectivity index (χ2n) is 3.23. The maximum absolute atomic E-state index is 10.4. The first kappa shape index (κ1) is 13.1. The summed E-state index contributed by atoms with van der Waals surface area (Å²) >= 11 is 1.39. The number of aldehydes is 1. The van der Waals surface area contributed by atoms with Crippen molar-refractivity contribution < 1.29 is 13.7 Å². The summed E-state index contributed by atoms with van der Waals surface area (Å²) in [4.78, 5) is 10.4. The molecule has 0 aromatic heterocycles. The fourth-order valence-corrected chi connectivity index (χ4v) is 1.46. The van der Waals surface area contributed by atoms with E-state index in [2.05, 4.69) is 0 Å². The summed E-state index contributed by atoms with van der Waals surface area (Å²) in [5, 5.41) is 0. The Bertz CT molecular complexity index is 298. The van der Waals surface area contributed by atoms with Crippen LogP contribution in [0.1, 0.15) is 23.2 Å². The molecular formula is C12H16O3S. The number of carbonyl (C=O) groups is 1. The molecule has 1 rings (SSSR count). The third-order valence-electron chi connectivity index (χ3n) is 2.02. The van der Waals surface area contributed by atoms with Gasteiger partial charge in [0, 0.05) is 11.8 Å². The molecule has 0 fully saturated rings. The van der Waals surface area contributed by atoms with Crippen LogP contribution >= 0.6 is 12.0 Å².